The van der Waals surface area contributed by atoms with E-state index in [0.717, 1.165) is 37.4 Å². The number of aromatic nitrogens is 2. The number of anilines is 1. The highest BCUT2D eigenvalue weighted by atomic mass is 35.5. The lowest BCUT2D eigenvalue weighted by molar-refractivity contribution is 0.102. The number of amides is 1. The zero-order valence-electron chi connectivity index (χ0n) is 15.5. The number of nitrogens with one attached hydrogen (secondary N) is 2. The summed E-state index contributed by atoms with van der Waals surface area (Å²) in [5.74, 6) is -0.527. The SMILES string of the molecule is O=C(Nc1nnc(S(=O)(=O)NCCCN2CCCCC2)s1)c1ccc(Cl)cc1Cl. The van der Waals surface area contributed by atoms with E-state index >= 15 is 0 Å². The second kappa shape index (κ2) is 10.1. The molecule has 0 atom stereocenters. The van der Waals surface area contributed by atoms with Gasteiger partial charge in [-0.05, 0) is 57.1 Å². The number of sulfonamides is 1. The van der Waals surface area contributed by atoms with Crippen molar-refractivity contribution in [2.45, 2.75) is 30.0 Å². The fourth-order valence-corrected chi connectivity index (χ4v) is 5.46. The van der Waals surface area contributed by atoms with E-state index in [1.807, 2.05) is 0 Å². The third kappa shape index (κ3) is 6.34. The normalized spacial score (nSPS) is 15.4. The molecule has 1 fully saturated rings. The molecule has 158 valence electrons. The van der Waals surface area contributed by atoms with Gasteiger partial charge in [-0.2, -0.15) is 0 Å². The predicted octanol–water partition coefficient (Wildman–Crippen LogP) is 3.25. The molecule has 1 aliphatic heterocycles. The van der Waals surface area contributed by atoms with Crippen molar-refractivity contribution in [2.24, 2.45) is 0 Å². The lowest BCUT2D eigenvalue weighted by atomic mass is 10.1. The maximum atomic E-state index is 12.4. The third-order valence-electron chi connectivity index (χ3n) is 4.42. The summed E-state index contributed by atoms with van der Waals surface area (Å²) in [6.45, 7) is 3.33. The van der Waals surface area contributed by atoms with Crippen LogP contribution in [0.4, 0.5) is 5.13 Å². The molecule has 1 saturated heterocycles. The number of hydrogen-bond donors (Lipinski definition) is 2. The Labute approximate surface area is 183 Å². The first-order valence-corrected chi connectivity index (χ1v) is 12.2. The molecule has 0 bridgehead atoms. The maximum absolute atomic E-state index is 12.4. The second-order valence-electron chi connectivity index (χ2n) is 6.61. The Morgan fingerprint density at radius 2 is 1.93 bits per heavy atom. The standard InChI is InChI=1S/C17H21Cl2N5O3S2/c18-12-5-6-13(14(19)11-12)15(25)21-16-22-23-17(28-16)29(26,27)20-7-4-10-24-8-2-1-3-9-24/h5-6,11,20H,1-4,7-10H2,(H,21,22,25). The highest BCUT2D eigenvalue weighted by molar-refractivity contribution is 7.91. The Bertz CT molecular complexity index is 962. The van der Waals surface area contributed by atoms with Crippen LogP contribution in [0.25, 0.3) is 0 Å². The van der Waals surface area contributed by atoms with Gasteiger partial charge >= 0.3 is 0 Å². The molecule has 12 heteroatoms. The molecule has 1 aromatic carbocycles. The molecule has 3 rings (SSSR count). The quantitative estimate of drug-likeness (QED) is 0.446. The molecular formula is C17H21Cl2N5O3S2. The predicted molar refractivity (Wildman–Crippen MR) is 114 cm³/mol. The van der Waals surface area contributed by atoms with Gasteiger partial charge in [0.1, 0.15) is 0 Å². The van der Waals surface area contributed by atoms with E-state index < -0.39 is 15.9 Å². The number of rotatable bonds is 8. The van der Waals surface area contributed by atoms with Gasteiger partial charge in [-0.1, -0.05) is 41.0 Å². The Hall–Kier alpha value is -1.30. The van der Waals surface area contributed by atoms with Gasteiger partial charge < -0.3 is 4.90 Å². The van der Waals surface area contributed by atoms with Gasteiger partial charge in [-0.3, -0.25) is 10.1 Å². The number of carbonyl (C=O) groups is 1. The van der Waals surface area contributed by atoms with E-state index in [1.165, 1.54) is 37.5 Å². The fourth-order valence-electron chi connectivity index (χ4n) is 2.96. The summed E-state index contributed by atoms with van der Waals surface area (Å²) in [6, 6.07) is 4.45. The first kappa shape index (κ1) is 22.4. The molecule has 2 N–H and O–H groups in total. The Morgan fingerprint density at radius 1 is 1.17 bits per heavy atom. The molecule has 0 saturated carbocycles. The number of carbonyl (C=O) groups excluding carboxylic acids is 1. The number of piperidine rings is 1. The molecule has 0 aliphatic carbocycles. The van der Waals surface area contributed by atoms with Crippen LogP contribution < -0.4 is 10.0 Å². The summed E-state index contributed by atoms with van der Waals surface area (Å²) in [4.78, 5) is 14.6. The van der Waals surface area contributed by atoms with Crippen LogP contribution in [0.15, 0.2) is 22.5 Å². The van der Waals surface area contributed by atoms with Gasteiger partial charge in [0.05, 0.1) is 10.6 Å². The summed E-state index contributed by atoms with van der Waals surface area (Å²) < 4.78 is 27.1. The summed E-state index contributed by atoms with van der Waals surface area (Å²) in [6.07, 6.45) is 4.39. The van der Waals surface area contributed by atoms with E-state index in [2.05, 4.69) is 25.1 Å². The molecule has 8 nitrogen and oxygen atoms in total. The van der Waals surface area contributed by atoms with Crippen molar-refractivity contribution in [3.63, 3.8) is 0 Å². The lowest BCUT2D eigenvalue weighted by Crippen LogP contribution is -2.33. The summed E-state index contributed by atoms with van der Waals surface area (Å²) >= 11 is 12.6. The number of likely N-dealkylation sites (tertiary alicyclic amines) is 1. The Kier molecular flexibility index (Phi) is 7.83. The molecule has 1 aliphatic rings. The van der Waals surface area contributed by atoms with Crippen LogP contribution >= 0.6 is 34.5 Å². The van der Waals surface area contributed by atoms with E-state index in [4.69, 9.17) is 23.2 Å². The Morgan fingerprint density at radius 3 is 2.66 bits per heavy atom. The minimum absolute atomic E-state index is 0.0645. The second-order valence-corrected chi connectivity index (χ2v) is 10.4. The third-order valence-corrected chi connectivity index (χ3v) is 7.64. The smallest absolute Gasteiger partial charge is 0.269 e. The number of nitrogens with zero attached hydrogens (tertiary/aromatic N) is 3. The highest BCUT2D eigenvalue weighted by Gasteiger charge is 2.21. The van der Waals surface area contributed by atoms with Crippen LogP contribution in [0.1, 0.15) is 36.0 Å². The van der Waals surface area contributed by atoms with Gasteiger partial charge in [0.15, 0.2) is 0 Å². The minimum atomic E-state index is -3.78. The van der Waals surface area contributed by atoms with E-state index in [-0.39, 0.29) is 20.1 Å². The first-order valence-electron chi connectivity index (χ1n) is 9.17. The molecule has 0 radical (unpaired) electrons. The number of halogens is 2. The molecule has 0 unspecified atom stereocenters. The van der Waals surface area contributed by atoms with E-state index in [0.29, 0.717) is 11.6 Å². The topological polar surface area (TPSA) is 104 Å². The highest BCUT2D eigenvalue weighted by Crippen LogP contribution is 2.24. The average molecular weight is 478 g/mol. The van der Waals surface area contributed by atoms with Crippen LogP contribution in [0.3, 0.4) is 0 Å². The molecular weight excluding hydrogens is 457 g/mol. The molecule has 2 aromatic rings. The Balaban J connectivity index is 1.53. The lowest BCUT2D eigenvalue weighted by Gasteiger charge is -2.26. The van der Waals surface area contributed by atoms with Crippen molar-refractivity contribution in [1.29, 1.82) is 0 Å². The molecule has 29 heavy (non-hydrogen) atoms. The van der Waals surface area contributed by atoms with Crippen LogP contribution in [-0.2, 0) is 10.0 Å². The van der Waals surface area contributed by atoms with E-state index in [1.54, 1.807) is 0 Å². The van der Waals surface area contributed by atoms with Crippen molar-refractivity contribution in [3.8, 4) is 0 Å². The van der Waals surface area contributed by atoms with Crippen LogP contribution in [0, 0.1) is 0 Å². The monoisotopic (exact) mass is 477 g/mol. The average Bonchev–Trinajstić information content (AvgIpc) is 3.15. The first-order chi connectivity index (χ1) is 13.8. The van der Waals surface area contributed by atoms with Crippen LogP contribution in [-0.4, -0.2) is 55.6 Å². The van der Waals surface area contributed by atoms with Gasteiger partial charge in [0, 0.05) is 11.6 Å². The van der Waals surface area contributed by atoms with Crippen molar-refractivity contribution in [3.05, 3.63) is 33.8 Å². The zero-order valence-corrected chi connectivity index (χ0v) is 18.7. The summed E-state index contributed by atoms with van der Waals surface area (Å²) in [5.41, 5.74) is 0.200. The molecule has 2 heterocycles. The molecule has 1 aromatic heterocycles. The maximum Gasteiger partial charge on any atom is 0.269 e. The van der Waals surface area contributed by atoms with Gasteiger partial charge in [-0.25, -0.2) is 13.1 Å². The van der Waals surface area contributed by atoms with Crippen molar-refractivity contribution < 1.29 is 13.2 Å². The molecule has 1 amide bonds. The minimum Gasteiger partial charge on any atom is -0.303 e. The van der Waals surface area contributed by atoms with Crippen LogP contribution in [0.2, 0.25) is 10.0 Å². The van der Waals surface area contributed by atoms with Crippen LogP contribution in [0.5, 0.6) is 0 Å². The van der Waals surface area contributed by atoms with Gasteiger partial charge in [-0.15, -0.1) is 10.2 Å². The largest absolute Gasteiger partial charge is 0.303 e. The van der Waals surface area contributed by atoms with Crippen molar-refractivity contribution in [2.75, 3.05) is 31.5 Å². The van der Waals surface area contributed by atoms with E-state index in [9.17, 15) is 13.2 Å². The number of hydrogen-bond acceptors (Lipinski definition) is 7. The van der Waals surface area contributed by atoms with Gasteiger partial charge in [0.25, 0.3) is 15.9 Å². The van der Waals surface area contributed by atoms with Crippen molar-refractivity contribution in [1.82, 2.24) is 19.8 Å². The fraction of sp³-hybridized carbons (Fsp3) is 0.471. The van der Waals surface area contributed by atoms with Gasteiger partial charge in [0.2, 0.25) is 9.47 Å². The summed E-state index contributed by atoms with van der Waals surface area (Å²) in [7, 11) is -3.78. The summed E-state index contributed by atoms with van der Waals surface area (Å²) in [5, 5.41) is 10.6. The molecule has 0 spiro atoms. The van der Waals surface area contributed by atoms with Crippen molar-refractivity contribution >= 4 is 55.6 Å². The number of benzene rings is 1. The zero-order chi connectivity index (χ0) is 20.9.